The van der Waals surface area contributed by atoms with Gasteiger partial charge < -0.3 is 5.73 Å². The first-order valence-corrected chi connectivity index (χ1v) is 8.03. The molecule has 0 spiro atoms. The van der Waals surface area contributed by atoms with Crippen LogP contribution in [-0.4, -0.2) is 23.0 Å². The van der Waals surface area contributed by atoms with Gasteiger partial charge in [-0.25, -0.2) is 4.98 Å². The highest BCUT2D eigenvalue weighted by molar-refractivity contribution is 7.11. The molecule has 1 aromatic heterocycles. The van der Waals surface area contributed by atoms with Gasteiger partial charge in [-0.3, -0.25) is 4.90 Å². The van der Waals surface area contributed by atoms with E-state index >= 15 is 0 Å². The van der Waals surface area contributed by atoms with Crippen molar-refractivity contribution in [2.24, 2.45) is 5.73 Å². The Bertz CT molecular complexity index is 421. The van der Waals surface area contributed by atoms with Crippen LogP contribution >= 0.6 is 11.3 Å². The summed E-state index contributed by atoms with van der Waals surface area (Å²) in [6, 6.07) is 0. The first kappa shape index (κ1) is 12.6. The molecule has 2 N–H and O–H groups in total. The van der Waals surface area contributed by atoms with Gasteiger partial charge in [0.15, 0.2) is 0 Å². The molecule has 1 fully saturated rings. The van der Waals surface area contributed by atoms with Gasteiger partial charge in [0.1, 0.15) is 5.01 Å². The summed E-state index contributed by atoms with van der Waals surface area (Å²) in [6.45, 7) is 5.72. The Balaban J connectivity index is 1.80. The quantitative estimate of drug-likeness (QED) is 0.913. The van der Waals surface area contributed by atoms with Gasteiger partial charge in [0.05, 0.1) is 11.2 Å². The highest BCUT2D eigenvalue weighted by atomic mass is 32.1. The van der Waals surface area contributed by atoms with Gasteiger partial charge in [-0.05, 0) is 25.8 Å². The van der Waals surface area contributed by atoms with Gasteiger partial charge in [-0.1, -0.05) is 19.8 Å². The van der Waals surface area contributed by atoms with Crippen LogP contribution in [0, 0.1) is 0 Å². The minimum absolute atomic E-state index is 0.0996. The summed E-state index contributed by atoms with van der Waals surface area (Å²) < 4.78 is 0. The van der Waals surface area contributed by atoms with Crippen molar-refractivity contribution in [3.63, 3.8) is 0 Å². The van der Waals surface area contributed by atoms with Gasteiger partial charge in [-0.2, -0.15) is 0 Å². The molecule has 0 aromatic carbocycles. The van der Waals surface area contributed by atoms with Crippen LogP contribution in [0.25, 0.3) is 0 Å². The van der Waals surface area contributed by atoms with E-state index < -0.39 is 0 Å². The van der Waals surface area contributed by atoms with Crippen LogP contribution in [0.2, 0.25) is 0 Å². The Hall–Kier alpha value is -0.450. The van der Waals surface area contributed by atoms with Crippen LogP contribution in [0.5, 0.6) is 0 Å². The summed E-state index contributed by atoms with van der Waals surface area (Å²) in [5.74, 6) is 0. The molecule has 100 valence electrons. The standard InChI is InChI=1S/C14H23N3S/c1-2-8-17-9-5-11-12(10-17)18-13(16-11)14(15)6-3-4-7-14/h2-10,15H2,1H3. The predicted octanol–water partition coefficient (Wildman–Crippen LogP) is 2.64. The fourth-order valence-electron chi connectivity index (χ4n) is 3.19. The molecule has 2 aliphatic rings. The maximum atomic E-state index is 6.52. The highest BCUT2D eigenvalue weighted by Crippen LogP contribution is 2.40. The van der Waals surface area contributed by atoms with Crippen LogP contribution < -0.4 is 5.73 Å². The first-order chi connectivity index (χ1) is 8.71. The Morgan fingerprint density at radius 3 is 2.89 bits per heavy atom. The fraction of sp³-hybridized carbons (Fsp3) is 0.786. The fourth-order valence-corrected chi connectivity index (χ4v) is 4.50. The van der Waals surface area contributed by atoms with Crippen LogP contribution in [0.4, 0.5) is 0 Å². The molecule has 3 nitrogen and oxygen atoms in total. The number of rotatable bonds is 3. The van der Waals surface area contributed by atoms with Crippen LogP contribution in [0.3, 0.4) is 0 Å². The summed E-state index contributed by atoms with van der Waals surface area (Å²) >= 11 is 1.88. The summed E-state index contributed by atoms with van der Waals surface area (Å²) in [5, 5.41) is 1.21. The number of thiazole rings is 1. The number of nitrogens with zero attached hydrogens (tertiary/aromatic N) is 2. The normalized spacial score (nSPS) is 23.2. The minimum atomic E-state index is -0.0996. The number of aromatic nitrogens is 1. The number of hydrogen-bond acceptors (Lipinski definition) is 4. The third kappa shape index (κ3) is 2.22. The Morgan fingerprint density at radius 1 is 1.39 bits per heavy atom. The zero-order valence-electron chi connectivity index (χ0n) is 11.2. The molecule has 1 aliphatic heterocycles. The van der Waals surface area contributed by atoms with Crippen LogP contribution in [0.15, 0.2) is 0 Å². The van der Waals surface area contributed by atoms with E-state index in [4.69, 9.17) is 10.7 Å². The lowest BCUT2D eigenvalue weighted by Gasteiger charge is -2.25. The van der Waals surface area contributed by atoms with E-state index in [0.717, 1.165) is 25.8 Å². The smallest absolute Gasteiger partial charge is 0.113 e. The van der Waals surface area contributed by atoms with Gasteiger partial charge in [0.25, 0.3) is 0 Å². The lowest BCUT2D eigenvalue weighted by molar-refractivity contribution is 0.256. The van der Waals surface area contributed by atoms with E-state index in [1.807, 2.05) is 11.3 Å². The molecule has 3 rings (SSSR count). The van der Waals surface area contributed by atoms with E-state index in [2.05, 4.69) is 11.8 Å². The third-order valence-corrected chi connectivity index (χ3v) is 5.57. The molecule has 0 radical (unpaired) electrons. The number of fused-ring (bicyclic) bond motifs is 1. The van der Waals surface area contributed by atoms with E-state index in [1.165, 1.54) is 47.9 Å². The molecule has 0 amide bonds. The average Bonchev–Trinajstić information content (AvgIpc) is 2.96. The predicted molar refractivity (Wildman–Crippen MR) is 75.7 cm³/mol. The molecule has 18 heavy (non-hydrogen) atoms. The minimum Gasteiger partial charge on any atom is -0.319 e. The molecular weight excluding hydrogens is 242 g/mol. The van der Waals surface area contributed by atoms with Crippen LogP contribution in [-0.2, 0) is 18.5 Å². The molecule has 1 aromatic rings. The van der Waals surface area contributed by atoms with Crippen molar-refractivity contribution in [3.05, 3.63) is 15.6 Å². The molecule has 0 saturated heterocycles. The Labute approximate surface area is 113 Å². The van der Waals surface area contributed by atoms with E-state index in [9.17, 15) is 0 Å². The lowest BCUT2D eigenvalue weighted by Crippen LogP contribution is -2.33. The van der Waals surface area contributed by atoms with E-state index in [1.54, 1.807) is 0 Å². The van der Waals surface area contributed by atoms with Crippen molar-refractivity contribution in [2.45, 2.75) is 57.5 Å². The van der Waals surface area contributed by atoms with Crippen molar-refractivity contribution in [1.29, 1.82) is 0 Å². The van der Waals surface area contributed by atoms with Crippen molar-refractivity contribution in [3.8, 4) is 0 Å². The molecule has 0 unspecified atom stereocenters. The molecule has 1 saturated carbocycles. The first-order valence-electron chi connectivity index (χ1n) is 7.21. The summed E-state index contributed by atoms with van der Waals surface area (Å²) in [7, 11) is 0. The van der Waals surface area contributed by atoms with Gasteiger partial charge in [0, 0.05) is 24.4 Å². The molecule has 1 aliphatic carbocycles. The van der Waals surface area contributed by atoms with Gasteiger partial charge in [0.2, 0.25) is 0 Å². The zero-order chi connectivity index (χ0) is 12.6. The number of nitrogens with two attached hydrogens (primary N) is 1. The van der Waals surface area contributed by atoms with E-state index in [0.29, 0.717) is 0 Å². The summed E-state index contributed by atoms with van der Waals surface area (Å²) in [5.41, 5.74) is 7.75. The van der Waals surface area contributed by atoms with E-state index in [-0.39, 0.29) is 5.54 Å². The third-order valence-electron chi connectivity index (χ3n) is 4.27. The lowest BCUT2D eigenvalue weighted by atomic mass is 10.0. The maximum absolute atomic E-state index is 6.52. The van der Waals surface area contributed by atoms with Gasteiger partial charge >= 0.3 is 0 Å². The Morgan fingerprint density at radius 2 is 2.17 bits per heavy atom. The summed E-state index contributed by atoms with van der Waals surface area (Å²) in [6.07, 6.45) is 7.13. The van der Waals surface area contributed by atoms with Crippen molar-refractivity contribution < 1.29 is 0 Å². The maximum Gasteiger partial charge on any atom is 0.113 e. The zero-order valence-corrected chi connectivity index (χ0v) is 12.1. The second-order valence-corrected chi connectivity index (χ2v) is 6.86. The van der Waals surface area contributed by atoms with Crippen LogP contribution in [0.1, 0.15) is 54.6 Å². The van der Waals surface area contributed by atoms with Crippen molar-refractivity contribution in [1.82, 2.24) is 9.88 Å². The summed E-state index contributed by atoms with van der Waals surface area (Å²) in [4.78, 5) is 8.88. The Kier molecular flexibility index (Phi) is 3.43. The molecule has 0 atom stereocenters. The van der Waals surface area contributed by atoms with Crippen molar-refractivity contribution in [2.75, 3.05) is 13.1 Å². The van der Waals surface area contributed by atoms with Crippen molar-refractivity contribution >= 4 is 11.3 Å². The SMILES string of the molecule is CCCN1CCc2nc(C3(N)CCCC3)sc2C1. The largest absolute Gasteiger partial charge is 0.319 e. The second kappa shape index (κ2) is 4.91. The second-order valence-electron chi connectivity index (χ2n) is 5.78. The topological polar surface area (TPSA) is 42.2 Å². The highest BCUT2D eigenvalue weighted by Gasteiger charge is 2.35. The number of hydrogen-bond donors (Lipinski definition) is 1. The molecule has 2 heterocycles. The molecule has 4 heteroatoms. The molecular formula is C14H23N3S. The molecule has 0 bridgehead atoms. The average molecular weight is 265 g/mol. The monoisotopic (exact) mass is 265 g/mol. The van der Waals surface area contributed by atoms with Gasteiger partial charge in [-0.15, -0.1) is 11.3 Å².